The molecule has 18 heavy (non-hydrogen) atoms. The summed E-state index contributed by atoms with van der Waals surface area (Å²) < 4.78 is 10.3. The van der Waals surface area contributed by atoms with E-state index in [9.17, 15) is 0 Å². The van der Waals surface area contributed by atoms with Crippen molar-refractivity contribution in [2.75, 3.05) is 32.8 Å². The number of piperazine rings is 1. The molecule has 1 atom stereocenters. The molecule has 1 saturated heterocycles. The SMILES string of the molecule is CCCC(c1noc(OCC)n1)N1CCNCC1. The van der Waals surface area contributed by atoms with Gasteiger partial charge in [0.1, 0.15) is 0 Å². The van der Waals surface area contributed by atoms with Gasteiger partial charge in [-0.15, -0.1) is 0 Å². The van der Waals surface area contributed by atoms with E-state index in [0.717, 1.165) is 44.8 Å². The van der Waals surface area contributed by atoms with Crippen LogP contribution in [-0.4, -0.2) is 47.8 Å². The summed E-state index contributed by atoms with van der Waals surface area (Å²) in [4.78, 5) is 6.75. The molecule has 1 aliphatic rings. The fraction of sp³-hybridized carbons (Fsp3) is 0.833. The van der Waals surface area contributed by atoms with Crippen LogP contribution in [0.3, 0.4) is 0 Å². The molecule has 1 N–H and O–H groups in total. The largest absolute Gasteiger partial charge is 0.449 e. The molecule has 1 unspecified atom stereocenters. The fourth-order valence-corrected chi connectivity index (χ4v) is 2.28. The van der Waals surface area contributed by atoms with Crippen molar-refractivity contribution in [2.45, 2.75) is 32.7 Å². The molecule has 0 aromatic carbocycles. The van der Waals surface area contributed by atoms with Gasteiger partial charge in [-0.1, -0.05) is 18.5 Å². The predicted octanol–water partition coefficient (Wildman–Crippen LogP) is 1.21. The molecule has 1 aliphatic heterocycles. The van der Waals surface area contributed by atoms with Crippen LogP contribution in [-0.2, 0) is 0 Å². The highest BCUT2D eigenvalue weighted by atomic mass is 16.6. The van der Waals surface area contributed by atoms with Crippen molar-refractivity contribution in [1.82, 2.24) is 20.4 Å². The smallest absolute Gasteiger partial charge is 0.417 e. The molecular weight excluding hydrogens is 232 g/mol. The number of hydrogen-bond donors (Lipinski definition) is 1. The molecule has 0 spiro atoms. The first-order chi connectivity index (χ1) is 8.85. The van der Waals surface area contributed by atoms with Gasteiger partial charge in [-0.3, -0.25) is 9.42 Å². The van der Waals surface area contributed by atoms with Gasteiger partial charge in [-0.05, 0) is 13.3 Å². The van der Waals surface area contributed by atoms with Crippen molar-refractivity contribution in [3.8, 4) is 6.08 Å². The second kappa shape index (κ2) is 6.70. The Morgan fingerprint density at radius 2 is 2.17 bits per heavy atom. The number of hydrogen-bond acceptors (Lipinski definition) is 6. The zero-order chi connectivity index (χ0) is 12.8. The fourth-order valence-electron chi connectivity index (χ4n) is 2.28. The van der Waals surface area contributed by atoms with Crippen molar-refractivity contribution >= 4 is 0 Å². The molecule has 1 aromatic rings. The van der Waals surface area contributed by atoms with Gasteiger partial charge in [0.2, 0.25) is 0 Å². The molecule has 1 fully saturated rings. The van der Waals surface area contributed by atoms with Gasteiger partial charge in [0.15, 0.2) is 5.82 Å². The second-order valence-electron chi connectivity index (χ2n) is 4.44. The van der Waals surface area contributed by atoms with Crippen LogP contribution >= 0.6 is 0 Å². The highest BCUT2D eigenvalue weighted by Gasteiger charge is 2.26. The highest BCUT2D eigenvalue weighted by molar-refractivity contribution is 4.98. The minimum Gasteiger partial charge on any atom is -0.449 e. The first kappa shape index (κ1) is 13.3. The summed E-state index contributed by atoms with van der Waals surface area (Å²) in [6.45, 7) is 8.75. The lowest BCUT2D eigenvalue weighted by atomic mass is 10.1. The van der Waals surface area contributed by atoms with Gasteiger partial charge in [-0.25, -0.2) is 0 Å². The summed E-state index contributed by atoms with van der Waals surface area (Å²) in [5.41, 5.74) is 0. The summed E-state index contributed by atoms with van der Waals surface area (Å²) in [6.07, 6.45) is 2.43. The van der Waals surface area contributed by atoms with Gasteiger partial charge in [0, 0.05) is 26.2 Å². The molecule has 0 bridgehead atoms. The zero-order valence-electron chi connectivity index (χ0n) is 11.2. The molecule has 2 rings (SSSR count). The number of ether oxygens (including phenoxy) is 1. The molecule has 1 aromatic heterocycles. The Morgan fingerprint density at radius 1 is 1.39 bits per heavy atom. The van der Waals surface area contributed by atoms with Crippen LogP contribution < -0.4 is 10.1 Å². The normalized spacial score (nSPS) is 18.8. The van der Waals surface area contributed by atoms with E-state index in [1.54, 1.807) is 0 Å². The Labute approximate surface area is 108 Å². The monoisotopic (exact) mass is 254 g/mol. The van der Waals surface area contributed by atoms with Crippen LogP contribution in [0.5, 0.6) is 6.08 Å². The van der Waals surface area contributed by atoms with Gasteiger partial charge < -0.3 is 10.1 Å². The molecule has 2 heterocycles. The molecule has 102 valence electrons. The summed E-state index contributed by atoms with van der Waals surface area (Å²) in [7, 11) is 0. The molecule has 0 aliphatic carbocycles. The molecule has 0 saturated carbocycles. The van der Waals surface area contributed by atoms with Crippen LogP contribution in [0.1, 0.15) is 38.6 Å². The highest BCUT2D eigenvalue weighted by Crippen LogP contribution is 2.25. The third-order valence-corrected chi connectivity index (χ3v) is 3.14. The Kier molecular flexibility index (Phi) is 4.95. The standard InChI is InChI=1S/C12H22N4O2/c1-3-5-10(16-8-6-13-7-9-16)11-14-12(17-4-2)18-15-11/h10,13H,3-9H2,1-2H3. The lowest BCUT2D eigenvalue weighted by Gasteiger charge is -2.32. The number of nitrogens with zero attached hydrogens (tertiary/aromatic N) is 3. The minimum atomic E-state index is 0.245. The lowest BCUT2D eigenvalue weighted by Crippen LogP contribution is -2.45. The summed E-state index contributed by atoms with van der Waals surface area (Å²) in [5, 5.41) is 7.41. The first-order valence-corrected chi connectivity index (χ1v) is 6.76. The average molecular weight is 254 g/mol. The van der Waals surface area contributed by atoms with Crippen molar-refractivity contribution in [2.24, 2.45) is 0 Å². The maximum absolute atomic E-state index is 5.23. The van der Waals surface area contributed by atoms with E-state index in [-0.39, 0.29) is 12.1 Å². The Bertz CT molecular complexity index is 350. The maximum atomic E-state index is 5.23. The van der Waals surface area contributed by atoms with Crippen LogP contribution in [0.4, 0.5) is 0 Å². The molecule has 6 heteroatoms. The predicted molar refractivity (Wildman–Crippen MR) is 67.6 cm³/mol. The molecular formula is C12H22N4O2. The van der Waals surface area contributed by atoms with Crippen LogP contribution in [0.25, 0.3) is 0 Å². The van der Waals surface area contributed by atoms with E-state index < -0.39 is 0 Å². The van der Waals surface area contributed by atoms with E-state index in [2.05, 4.69) is 27.3 Å². The third-order valence-electron chi connectivity index (χ3n) is 3.14. The maximum Gasteiger partial charge on any atom is 0.417 e. The van der Waals surface area contributed by atoms with Crippen molar-refractivity contribution < 1.29 is 9.26 Å². The lowest BCUT2D eigenvalue weighted by molar-refractivity contribution is 0.155. The van der Waals surface area contributed by atoms with Crippen LogP contribution in [0.2, 0.25) is 0 Å². The van der Waals surface area contributed by atoms with Gasteiger partial charge >= 0.3 is 6.08 Å². The molecule has 6 nitrogen and oxygen atoms in total. The number of rotatable bonds is 6. The van der Waals surface area contributed by atoms with Gasteiger partial charge in [-0.2, -0.15) is 4.98 Å². The van der Waals surface area contributed by atoms with Crippen molar-refractivity contribution in [3.63, 3.8) is 0 Å². The van der Waals surface area contributed by atoms with E-state index in [1.807, 2.05) is 6.92 Å². The molecule has 0 radical (unpaired) electrons. The Morgan fingerprint density at radius 3 is 2.83 bits per heavy atom. The first-order valence-electron chi connectivity index (χ1n) is 6.76. The van der Waals surface area contributed by atoms with E-state index in [4.69, 9.17) is 9.26 Å². The summed E-state index contributed by atoms with van der Waals surface area (Å²) >= 11 is 0. The Hall–Kier alpha value is -1.14. The van der Waals surface area contributed by atoms with E-state index in [0.29, 0.717) is 6.61 Å². The topological polar surface area (TPSA) is 63.4 Å². The number of aromatic nitrogens is 2. The van der Waals surface area contributed by atoms with Gasteiger partial charge in [0.25, 0.3) is 0 Å². The van der Waals surface area contributed by atoms with Crippen LogP contribution in [0.15, 0.2) is 4.52 Å². The Balaban J connectivity index is 2.06. The summed E-state index contributed by atoms with van der Waals surface area (Å²) in [5.74, 6) is 0.752. The molecule has 0 amide bonds. The average Bonchev–Trinajstić information content (AvgIpc) is 2.86. The minimum absolute atomic E-state index is 0.245. The quantitative estimate of drug-likeness (QED) is 0.823. The van der Waals surface area contributed by atoms with E-state index in [1.165, 1.54) is 0 Å². The third kappa shape index (κ3) is 3.20. The zero-order valence-corrected chi connectivity index (χ0v) is 11.2. The van der Waals surface area contributed by atoms with Crippen molar-refractivity contribution in [3.05, 3.63) is 5.82 Å². The van der Waals surface area contributed by atoms with Crippen LogP contribution in [0, 0.1) is 0 Å². The summed E-state index contributed by atoms with van der Waals surface area (Å²) in [6, 6.07) is 0.245. The second-order valence-corrected chi connectivity index (χ2v) is 4.44. The number of nitrogens with one attached hydrogen (secondary N) is 1. The van der Waals surface area contributed by atoms with E-state index >= 15 is 0 Å². The van der Waals surface area contributed by atoms with Gasteiger partial charge in [0.05, 0.1) is 12.6 Å². The van der Waals surface area contributed by atoms with Crippen molar-refractivity contribution in [1.29, 1.82) is 0 Å².